The topological polar surface area (TPSA) is 59.9 Å². The fourth-order valence-corrected chi connectivity index (χ4v) is 2.15. The van der Waals surface area contributed by atoms with Crippen LogP contribution in [0.5, 0.6) is 11.5 Å². The first-order valence-electron chi connectivity index (χ1n) is 7.18. The molecule has 0 spiro atoms. The number of amides is 1. The maximum atomic E-state index is 12.0. The molecule has 5 nitrogen and oxygen atoms in total. The summed E-state index contributed by atoms with van der Waals surface area (Å²) in [6.07, 6.45) is 1.63. The van der Waals surface area contributed by atoms with E-state index in [1.807, 2.05) is 26.0 Å². The van der Waals surface area contributed by atoms with Crippen molar-refractivity contribution in [2.45, 2.75) is 13.8 Å². The van der Waals surface area contributed by atoms with Crippen LogP contribution in [-0.4, -0.2) is 26.3 Å². The Bertz CT molecular complexity index is 722. The number of hydrogen-bond acceptors (Lipinski definition) is 4. The third kappa shape index (κ3) is 3.88. The summed E-state index contributed by atoms with van der Waals surface area (Å²) in [6, 6.07) is 10.6. The summed E-state index contributed by atoms with van der Waals surface area (Å²) in [5.74, 6) is 1.27. The van der Waals surface area contributed by atoms with Gasteiger partial charge in [-0.25, -0.2) is 5.43 Å². The van der Waals surface area contributed by atoms with E-state index in [1.54, 1.807) is 44.7 Å². The summed E-state index contributed by atoms with van der Waals surface area (Å²) >= 11 is 0. The van der Waals surface area contributed by atoms with Gasteiger partial charge in [0.2, 0.25) is 0 Å². The van der Waals surface area contributed by atoms with Gasteiger partial charge < -0.3 is 9.47 Å². The van der Waals surface area contributed by atoms with Gasteiger partial charge in [0, 0.05) is 5.56 Å². The van der Waals surface area contributed by atoms with Gasteiger partial charge >= 0.3 is 0 Å². The van der Waals surface area contributed by atoms with Crippen molar-refractivity contribution < 1.29 is 14.3 Å². The van der Waals surface area contributed by atoms with Crippen LogP contribution in [0, 0.1) is 13.8 Å². The van der Waals surface area contributed by atoms with E-state index in [2.05, 4.69) is 10.5 Å². The van der Waals surface area contributed by atoms with E-state index in [4.69, 9.17) is 9.47 Å². The molecular formula is C18H20N2O3. The lowest BCUT2D eigenvalue weighted by Gasteiger charge is -2.09. The highest BCUT2D eigenvalue weighted by Gasteiger charge is 2.06. The molecule has 0 saturated carbocycles. The Hall–Kier alpha value is -2.82. The van der Waals surface area contributed by atoms with Crippen molar-refractivity contribution in [1.82, 2.24) is 5.43 Å². The maximum absolute atomic E-state index is 12.0. The molecule has 0 aliphatic rings. The molecule has 0 heterocycles. The number of ether oxygens (including phenoxy) is 2. The number of carbonyl (C=O) groups excluding carboxylic acids is 1. The molecule has 0 aromatic heterocycles. The molecule has 0 fully saturated rings. The normalized spacial score (nSPS) is 10.6. The van der Waals surface area contributed by atoms with Crippen LogP contribution in [0.25, 0.3) is 0 Å². The van der Waals surface area contributed by atoms with E-state index >= 15 is 0 Å². The molecule has 23 heavy (non-hydrogen) atoms. The molecule has 120 valence electrons. The number of benzene rings is 2. The van der Waals surface area contributed by atoms with Crippen molar-refractivity contribution in [3.63, 3.8) is 0 Å². The summed E-state index contributed by atoms with van der Waals surface area (Å²) in [5, 5.41) is 4.02. The van der Waals surface area contributed by atoms with Crippen LogP contribution in [0.4, 0.5) is 0 Å². The predicted molar refractivity (Wildman–Crippen MR) is 90.5 cm³/mol. The highest BCUT2D eigenvalue weighted by molar-refractivity contribution is 5.95. The Labute approximate surface area is 135 Å². The first kappa shape index (κ1) is 16.5. The largest absolute Gasteiger partial charge is 0.497 e. The molecule has 0 saturated heterocycles. The summed E-state index contributed by atoms with van der Waals surface area (Å²) in [5.41, 5.74) is 6.08. The van der Waals surface area contributed by atoms with Gasteiger partial charge in [-0.05, 0) is 66.9 Å². The van der Waals surface area contributed by atoms with E-state index in [-0.39, 0.29) is 5.91 Å². The first-order chi connectivity index (χ1) is 11.1. The number of rotatable bonds is 5. The molecule has 0 atom stereocenters. The molecule has 0 aliphatic heterocycles. The molecule has 1 amide bonds. The smallest absolute Gasteiger partial charge is 0.271 e. The van der Waals surface area contributed by atoms with Crippen LogP contribution in [0.2, 0.25) is 0 Å². The van der Waals surface area contributed by atoms with Gasteiger partial charge in [0.15, 0.2) is 0 Å². The molecule has 2 aromatic carbocycles. The minimum Gasteiger partial charge on any atom is -0.497 e. The van der Waals surface area contributed by atoms with Gasteiger partial charge in [-0.1, -0.05) is 0 Å². The average molecular weight is 312 g/mol. The lowest BCUT2D eigenvalue weighted by atomic mass is 10.0. The van der Waals surface area contributed by atoms with Crippen molar-refractivity contribution in [2.75, 3.05) is 14.2 Å². The Morgan fingerprint density at radius 1 is 1.00 bits per heavy atom. The van der Waals surface area contributed by atoms with E-state index < -0.39 is 0 Å². The van der Waals surface area contributed by atoms with Crippen molar-refractivity contribution in [2.24, 2.45) is 5.10 Å². The fraction of sp³-hybridized carbons (Fsp3) is 0.222. The fourth-order valence-electron chi connectivity index (χ4n) is 2.15. The lowest BCUT2D eigenvalue weighted by Crippen LogP contribution is -2.17. The van der Waals surface area contributed by atoms with Crippen molar-refractivity contribution in [1.29, 1.82) is 0 Å². The molecular weight excluding hydrogens is 292 g/mol. The maximum Gasteiger partial charge on any atom is 0.271 e. The molecule has 2 aromatic rings. The van der Waals surface area contributed by atoms with Gasteiger partial charge in [-0.2, -0.15) is 5.10 Å². The Balaban J connectivity index is 2.06. The second-order valence-electron chi connectivity index (χ2n) is 5.03. The van der Waals surface area contributed by atoms with Crippen LogP contribution in [0.1, 0.15) is 27.0 Å². The number of nitrogens with one attached hydrogen (secondary N) is 1. The Morgan fingerprint density at radius 3 is 2.30 bits per heavy atom. The molecule has 2 rings (SSSR count). The van der Waals surface area contributed by atoms with E-state index in [0.29, 0.717) is 11.3 Å². The van der Waals surface area contributed by atoms with Gasteiger partial charge in [-0.15, -0.1) is 0 Å². The molecule has 1 N–H and O–H groups in total. The van der Waals surface area contributed by atoms with Crippen LogP contribution in [0.15, 0.2) is 41.5 Å². The van der Waals surface area contributed by atoms with E-state index in [0.717, 1.165) is 22.4 Å². The third-order valence-corrected chi connectivity index (χ3v) is 3.72. The zero-order chi connectivity index (χ0) is 16.8. The summed E-state index contributed by atoms with van der Waals surface area (Å²) < 4.78 is 10.3. The molecule has 0 radical (unpaired) electrons. The SMILES string of the molecule is COc1ccc(C(=O)N/N=C/c2ccc(OC)c(C)c2C)cc1. The third-order valence-electron chi connectivity index (χ3n) is 3.72. The van der Waals surface area contributed by atoms with Crippen molar-refractivity contribution >= 4 is 12.1 Å². The predicted octanol–water partition coefficient (Wildman–Crippen LogP) is 3.08. The minimum atomic E-state index is -0.271. The molecule has 5 heteroatoms. The zero-order valence-electron chi connectivity index (χ0n) is 13.7. The number of carbonyl (C=O) groups is 1. The highest BCUT2D eigenvalue weighted by atomic mass is 16.5. The summed E-state index contributed by atoms with van der Waals surface area (Å²) in [7, 11) is 3.23. The zero-order valence-corrected chi connectivity index (χ0v) is 13.7. The van der Waals surface area contributed by atoms with Crippen molar-refractivity contribution in [3.8, 4) is 11.5 Å². The second-order valence-corrected chi connectivity index (χ2v) is 5.03. The van der Waals surface area contributed by atoms with Crippen LogP contribution >= 0.6 is 0 Å². The first-order valence-corrected chi connectivity index (χ1v) is 7.18. The van der Waals surface area contributed by atoms with Crippen LogP contribution in [0.3, 0.4) is 0 Å². The van der Waals surface area contributed by atoms with Gasteiger partial charge in [-0.3, -0.25) is 4.79 Å². The van der Waals surface area contributed by atoms with E-state index in [9.17, 15) is 4.79 Å². The monoisotopic (exact) mass is 312 g/mol. The number of methoxy groups -OCH3 is 2. The van der Waals surface area contributed by atoms with Crippen LogP contribution < -0.4 is 14.9 Å². The van der Waals surface area contributed by atoms with Gasteiger partial charge in [0.1, 0.15) is 11.5 Å². The second kappa shape index (κ2) is 7.45. The number of hydrazone groups is 1. The van der Waals surface area contributed by atoms with Crippen LogP contribution in [-0.2, 0) is 0 Å². The molecule has 0 aliphatic carbocycles. The van der Waals surface area contributed by atoms with Gasteiger partial charge in [0.25, 0.3) is 5.91 Å². The number of nitrogens with zero attached hydrogens (tertiary/aromatic N) is 1. The Kier molecular flexibility index (Phi) is 5.36. The number of hydrogen-bond donors (Lipinski definition) is 1. The highest BCUT2D eigenvalue weighted by Crippen LogP contribution is 2.22. The summed E-state index contributed by atoms with van der Waals surface area (Å²) in [6.45, 7) is 3.98. The van der Waals surface area contributed by atoms with E-state index in [1.165, 1.54) is 0 Å². The average Bonchev–Trinajstić information content (AvgIpc) is 2.58. The Morgan fingerprint density at radius 2 is 1.70 bits per heavy atom. The van der Waals surface area contributed by atoms with Gasteiger partial charge in [0.05, 0.1) is 20.4 Å². The quantitative estimate of drug-likeness (QED) is 0.682. The lowest BCUT2D eigenvalue weighted by molar-refractivity contribution is 0.0955. The van der Waals surface area contributed by atoms with Crippen molar-refractivity contribution in [3.05, 3.63) is 58.7 Å². The molecule has 0 unspecified atom stereocenters. The minimum absolute atomic E-state index is 0.271. The summed E-state index contributed by atoms with van der Waals surface area (Å²) in [4.78, 5) is 12.0. The molecule has 0 bridgehead atoms. The standard InChI is InChI=1S/C18H20N2O3/c1-12-13(2)17(23-4)10-7-15(12)11-19-20-18(21)14-5-8-16(22-3)9-6-14/h5-11H,1-4H3,(H,20,21)/b19-11+.